The lowest BCUT2D eigenvalue weighted by Gasteiger charge is -2.18. The number of hydrogen-bond donors (Lipinski definition) is 0. The lowest BCUT2D eigenvalue weighted by molar-refractivity contribution is 0.651. The highest BCUT2D eigenvalue weighted by atomic mass is 14.2. The Morgan fingerprint density at radius 1 is 1.19 bits per heavy atom. The molecule has 0 saturated carbocycles. The van der Waals surface area contributed by atoms with E-state index in [9.17, 15) is 0 Å². The van der Waals surface area contributed by atoms with Gasteiger partial charge in [0, 0.05) is 0 Å². The summed E-state index contributed by atoms with van der Waals surface area (Å²) in [5.41, 5.74) is 6.23. The summed E-state index contributed by atoms with van der Waals surface area (Å²) in [6.07, 6.45) is 9.67. The van der Waals surface area contributed by atoms with Crippen molar-refractivity contribution in [1.29, 1.82) is 0 Å². The molecule has 16 heavy (non-hydrogen) atoms. The first-order valence-corrected chi connectivity index (χ1v) is 6.48. The molecule has 1 rings (SSSR count). The molecule has 0 nitrogen and oxygen atoms in total. The van der Waals surface area contributed by atoms with E-state index in [0.717, 1.165) is 6.42 Å². The van der Waals surface area contributed by atoms with Crippen LogP contribution in [0.4, 0.5) is 0 Å². The van der Waals surface area contributed by atoms with Crippen molar-refractivity contribution >= 4 is 0 Å². The van der Waals surface area contributed by atoms with Crippen LogP contribution in [0.2, 0.25) is 0 Å². The third-order valence-electron chi connectivity index (χ3n) is 3.74. The summed E-state index contributed by atoms with van der Waals surface area (Å²) in [5, 5.41) is 0. The Morgan fingerprint density at radius 2 is 1.88 bits per heavy atom. The standard InChI is InChI=1S/C16H26/c1-12(2)16-10-9-13(3)7-6-8-14(4)15(5)11-16/h8-9,15H,6-7,10-11H2,1-5H3. The van der Waals surface area contributed by atoms with E-state index in [1.165, 1.54) is 30.4 Å². The highest BCUT2D eigenvalue weighted by molar-refractivity contribution is 5.20. The molecule has 0 N–H and O–H groups in total. The maximum Gasteiger partial charge on any atom is -0.0134 e. The molecule has 0 aliphatic heterocycles. The fourth-order valence-electron chi connectivity index (χ4n) is 2.15. The van der Waals surface area contributed by atoms with Crippen LogP contribution in [0.5, 0.6) is 0 Å². The van der Waals surface area contributed by atoms with Crippen LogP contribution in [0.3, 0.4) is 0 Å². The molecule has 1 atom stereocenters. The van der Waals surface area contributed by atoms with E-state index in [0.29, 0.717) is 5.92 Å². The van der Waals surface area contributed by atoms with Gasteiger partial charge in [-0.05, 0) is 59.3 Å². The zero-order valence-electron chi connectivity index (χ0n) is 11.6. The van der Waals surface area contributed by atoms with Crippen LogP contribution in [-0.4, -0.2) is 0 Å². The molecule has 1 unspecified atom stereocenters. The second kappa shape index (κ2) is 6.08. The first kappa shape index (κ1) is 13.3. The van der Waals surface area contributed by atoms with E-state index in [1.807, 2.05) is 0 Å². The van der Waals surface area contributed by atoms with Gasteiger partial charge in [-0.3, -0.25) is 0 Å². The predicted octanol–water partition coefficient (Wildman–Crippen LogP) is 5.43. The van der Waals surface area contributed by atoms with Gasteiger partial charge in [0.2, 0.25) is 0 Å². The van der Waals surface area contributed by atoms with Gasteiger partial charge in [-0.25, -0.2) is 0 Å². The van der Waals surface area contributed by atoms with E-state index in [-0.39, 0.29) is 0 Å². The molecule has 0 aromatic rings. The molecule has 0 fully saturated rings. The third kappa shape index (κ3) is 4.00. The highest BCUT2D eigenvalue weighted by Crippen LogP contribution is 2.26. The first-order chi connectivity index (χ1) is 7.50. The van der Waals surface area contributed by atoms with E-state index < -0.39 is 0 Å². The normalized spacial score (nSPS) is 23.6. The maximum absolute atomic E-state index is 2.43. The molecule has 0 heteroatoms. The molecule has 1 aliphatic carbocycles. The fraction of sp³-hybridized carbons (Fsp3) is 0.625. The summed E-state index contributed by atoms with van der Waals surface area (Å²) in [5.74, 6) is 0.705. The summed E-state index contributed by atoms with van der Waals surface area (Å²) in [7, 11) is 0. The molecule has 90 valence electrons. The lowest BCUT2D eigenvalue weighted by Crippen LogP contribution is -2.01. The van der Waals surface area contributed by atoms with Gasteiger partial charge in [0.05, 0.1) is 0 Å². The zero-order valence-corrected chi connectivity index (χ0v) is 11.6. The molecular formula is C16H26. The van der Waals surface area contributed by atoms with Gasteiger partial charge in [-0.2, -0.15) is 0 Å². The van der Waals surface area contributed by atoms with Gasteiger partial charge in [0.1, 0.15) is 0 Å². The molecule has 0 aromatic heterocycles. The number of allylic oxidation sites excluding steroid dienone is 6. The topological polar surface area (TPSA) is 0 Å². The highest BCUT2D eigenvalue weighted by Gasteiger charge is 2.09. The van der Waals surface area contributed by atoms with Crippen molar-refractivity contribution in [1.82, 2.24) is 0 Å². The van der Waals surface area contributed by atoms with Crippen LogP contribution < -0.4 is 0 Å². The van der Waals surface area contributed by atoms with Crippen LogP contribution in [0.15, 0.2) is 34.4 Å². The van der Waals surface area contributed by atoms with Gasteiger partial charge in [0.25, 0.3) is 0 Å². The molecule has 0 saturated heterocycles. The smallest absolute Gasteiger partial charge is 0.0134 e. The minimum absolute atomic E-state index is 0.705. The van der Waals surface area contributed by atoms with Crippen molar-refractivity contribution in [3.63, 3.8) is 0 Å². The van der Waals surface area contributed by atoms with Crippen LogP contribution >= 0.6 is 0 Å². The van der Waals surface area contributed by atoms with E-state index in [4.69, 9.17) is 0 Å². The van der Waals surface area contributed by atoms with Gasteiger partial charge < -0.3 is 0 Å². The molecule has 1 aliphatic rings. The Morgan fingerprint density at radius 3 is 2.50 bits per heavy atom. The molecule has 0 heterocycles. The largest absolute Gasteiger partial charge is 0.0850 e. The summed E-state index contributed by atoms with van der Waals surface area (Å²) >= 11 is 0. The number of hydrogen-bond acceptors (Lipinski definition) is 0. The first-order valence-electron chi connectivity index (χ1n) is 6.48. The van der Waals surface area contributed by atoms with Crippen molar-refractivity contribution in [2.75, 3.05) is 0 Å². The van der Waals surface area contributed by atoms with E-state index in [2.05, 4.69) is 46.8 Å². The maximum atomic E-state index is 2.43. The summed E-state index contributed by atoms with van der Waals surface area (Å²) in [4.78, 5) is 0. The minimum atomic E-state index is 0.705. The van der Waals surface area contributed by atoms with Crippen LogP contribution in [-0.2, 0) is 0 Å². The Balaban J connectivity index is 2.92. The fourth-order valence-corrected chi connectivity index (χ4v) is 2.15. The van der Waals surface area contributed by atoms with Crippen molar-refractivity contribution in [3.8, 4) is 0 Å². The van der Waals surface area contributed by atoms with Crippen molar-refractivity contribution in [3.05, 3.63) is 34.4 Å². The second-order valence-electron chi connectivity index (χ2n) is 5.45. The Bertz CT molecular complexity index is 322. The monoisotopic (exact) mass is 218 g/mol. The van der Waals surface area contributed by atoms with Crippen molar-refractivity contribution in [2.45, 2.75) is 60.3 Å². The van der Waals surface area contributed by atoms with Crippen LogP contribution in [0.1, 0.15) is 60.3 Å². The second-order valence-corrected chi connectivity index (χ2v) is 5.45. The molecule has 0 spiro atoms. The summed E-state index contributed by atoms with van der Waals surface area (Å²) < 4.78 is 0. The Labute approximate surface area is 101 Å². The van der Waals surface area contributed by atoms with Gasteiger partial charge >= 0.3 is 0 Å². The average Bonchev–Trinajstić information content (AvgIpc) is 2.22. The van der Waals surface area contributed by atoms with Gasteiger partial charge in [-0.1, -0.05) is 41.4 Å². The number of rotatable bonds is 0. The summed E-state index contributed by atoms with van der Waals surface area (Å²) in [6.45, 7) is 11.4. The molecular weight excluding hydrogens is 192 g/mol. The van der Waals surface area contributed by atoms with Crippen LogP contribution in [0, 0.1) is 5.92 Å². The predicted molar refractivity (Wildman–Crippen MR) is 73.5 cm³/mol. The average molecular weight is 218 g/mol. The van der Waals surface area contributed by atoms with E-state index >= 15 is 0 Å². The minimum Gasteiger partial charge on any atom is -0.0850 e. The SMILES string of the molecule is CC1=CCC(=C(C)C)CC(C)C(C)=CCC1. The molecule has 0 aromatic carbocycles. The third-order valence-corrected chi connectivity index (χ3v) is 3.74. The van der Waals surface area contributed by atoms with Gasteiger partial charge in [-0.15, -0.1) is 0 Å². The van der Waals surface area contributed by atoms with Crippen LogP contribution in [0.25, 0.3) is 0 Å². The molecule has 0 radical (unpaired) electrons. The lowest BCUT2D eigenvalue weighted by atomic mass is 9.88. The summed E-state index contributed by atoms with van der Waals surface area (Å²) in [6, 6.07) is 0. The van der Waals surface area contributed by atoms with Crippen molar-refractivity contribution in [2.24, 2.45) is 5.92 Å². The van der Waals surface area contributed by atoms with Gasteiger partial charge in [0.15, 0.2) is 0 Å². The Hall–Kier alpha value is -0.780. The zero-order chi connectivity index (χ0) is 12.1. The van der Waals surface area contributed by atoms with E-state index in [1.54, 1.807) is 11.1 Å². The molecule has 0 bridgehead atoms. The van der Waals surface area contributed by atoms with Crippen molar-refractivity contribution < 1.29 is 0 Å². The Kier molecular flexibility index (Phi) is 5.05. The quantitative estimate of drug-likeness (QED) is 0.476. The molecule has 0 amide bonds.